The van der Waals surface area contributed by atoms with Crippen molar-refractivity contribution in [1.82, 2.24) is 14.9 Å². The average molecular weight is 349 g/mol. The molecule has 1 spiro atoms. The highest BCUT2D eigenvalue weighted by molar-refractivity contribution is 7.99. The number of carbonyl (C=O) groups excluding carboxylic acids is 1. The van der Waals surface area contributed by atoms with E-state index in [4.69, 9.17) is 4.74 Å². The van der Waals surface area contributed by atoms with Gasteiger partial charge in [0.25, 0.3) is 11.5 Å². The zero-order valence-electron chi connectivity index (χ0n) is 13.8. The smallest absolute Gasteiger partial charge is 0.267 e. The maximum atomic E-state index is 12.7. The molecule has 1 saturated carbocycles. The van der Waals surface area contributed by atoms with Gasteiger partial charge in [-0.15, -0.1) is 0 Å². The summed E-state index contributed by atoms with van der Waals surface area (Å²) in [6.45, 7) is 1.40. The second-order valence-corrected chi connectivity index (χ2v) is 7.96. The Labute approximate surface area is 145 Å². The van der Waals surface area contributed by atoms with E-state index in [0.29, 0.717) is 11.7 Å². The lowest BCUT2D eigenvalue weighted by atomic mass is 9.75. The Morgan fingerprint density at radius 2 is 2.17 bits per heavy atom. The first-order valence-corrected chi connectivity index (χ1v) is 9.86. The predicted octanol–water partition coefficient (Wildman–Crippen LogP) is 1.96. The highest BCUT2D eigenvalue weighted by Crippen LogP contribution is 2.38. The molecule has 1 aliphatic carbocycles. The first kappa shape index (κ1) is 16.1. The van der Waals surface area contributed by atoms with Crippen LogP contribution in [0.15, 0.2) is 16.1 Å². The van der Waals surface area contributed by atoms with E-state index in [1.54, 1.807) is 16.3 Å². The lowest BCUT2D eigenvalue weighted by molar-refractivity contribution is -0.116. The minimum Gasteiger partial charge on any atom is -0.373 e. The SMILES string of the molecule is O=C(NC1CCCCC12CCCCO2)c1cnc2n(c1=O)CCS2. The van der Waals surface area contributed by atoms with E-state index >= 15 is 0 Å². The van der Waals surface area contributed by atoms with Gasteiger partial charge in [0.2, 0.25) is 0 Å². The number of aromatic nitrogens is 2. The average Bonchev–Trinajstić information content (AvgIpc) is 3.08. The Morgan fingerprint density at radius 3 is 3.00 bits per heavy atom. The van der Waals surface area contributed by atoms with E-state index in [0.717, 1.165) is 57.3 Å². The van der Waals surface area contributed by atoms with E-state index in [1.165, 1.54) is 6.20 Å². The summed E-state index contributed by atoms with van der Waals surface area (Å²) in [6.07, 6.45) is 8.82. The van der Waals surface area contributed by atoms with Crippen LogP contribution >= 0.6 is 11.8 Å². The molecule has 130 valence electrons. The van der Waals surface area contributed by atoms with Crippen molar-refractivity contribution in [2.45, 2.75) is 68.3 Å². The number of thioether (sulfide) groups is 1. The van der Waals surface area contributed by atoms with Gasteiger partial charge in [-0.3, -0.25) is 14.2 Å². The molecule has 3 aliphatic rings. The maximum Gasteiger partial charge on any atom is 0.267 e. The molecule has 2 aliphatic heterocycles. The van der Waals surface area contributed by atoms with E-state index in [2.05, 4.69) is 10.3 Å². The monoisotopic (exact) mass is 349 g/mol. The molecular weight excluding hydrogens is 326 g/mol. The van der Waals surface area contributed by atoms with Gasteiger partial charge in [0.05, 0.1) is 11.6 Å². The van der Waals surface area contributed by atoms with Crippen LogP contribution in [0.5, 0.6) is 0 Å². The first-order chi connectivity index (χ1) is 11.7. The van der Waals surface area contributed by atoms with Crippen molar-refractivity contribution in [2.24, 2.45) is 0 Å². The minimum atomic E-state index is -0.305. The Kier molecular flexibility index (Phi) is 4.39. The third-order valence-corrected chi connectivity index (χ3v) is 6.44. The van der Waals surface area contributed by atoms with Crippen molar-refractivity contribution in [2.75, 3.05) is 12.4 Å². The number of nitrogens with one attached hydrogen (secondary N) is 1. The minimum absolute atomic E-state index is 0.00826. The summed E-state index contributed by atoms with van der Waals surface area (Å²) >= 11 is 1.56. The summed E-state index contributed by atoms with van der Waals surface area (Å²) in [5, 5.41) is 3.81. The number of fused-ring (bicyclic) bond motifs is 1. The van der Waals surface area contributed by atoms with Crippen molar-refractivity contribution in [3.8, 4) is 0 Å². The quantitative estimate of drug-likeness (QED) is 0.826. The number of carbonyl (C=O) groups is 1. The largest absolute Gasteiger partial charge is 0.373 e. The number of hydrogen-bond donors (Lipinski definition) is 1. The molecule has 24 heavy (non-hydrogen) atoms. The van der Waals surface area contributed by atoms with Gasteiger partial charge < -0.3 is 10.1 Å². The molecule has 2 unspecified atom stereocenters. The van der Waals surface area contributed by atoms with Gasteiger partial charge in [0.1, 0.15) is 5.56 Å². The maximum absolute atomic E-state index is 12.7. The van der Waals surface area contributed by atoms with E-state index in [-0.39, 0.29) is 28.7 Å². The normalized spacial score (nSPS) is 29.4. The summed E-state index contributed by atoms with van der Waals surface area (Å²) in [6, 6.07) is -0.00826. The van der Waals surface area contributed by atoms with Crippen LogP contribution < -0.4 is 10.9 Å². The molecule has 1 amide bonds. The fourth-order valence-corrected chi connectivity index (χ4v) is 5.08. The molecule has 4 rings (SSSR count). The zero-order valence-corrected chi connectivity index (χ0v) is 14.6. The van der Waals surface area contributed by atoms with Crippen molar-refractivity contribution in [3.63, 3.8) is 0 Å². The molecule has 2 atom stereocenters. The molecule has 1 aromatic heterocycles. The standard InChI is InChI=1S/C17H23N3O3S/c21-14(12-11-18-16-20(15(12)22)8-10-24-16)19-13-5-1-2-6-17(13)7-3-4-9-23-17/h11,13H,1-10H2,(H,19,21). The number of rotatable bonds is 2. The Morgan fingerprint density at radius 1 is 1.33 bits per heavy atom. The van der Waals surface area contributed by atoms with E-state index in [9.17, 15) is 9.59 Å². The van der Waals surface area contributed by atoms with Gasteiger partial charge in [-0.1, -0.05) is 24.6 Å². The number of hydrogen-bond acceptors (Lipinski definition) is 5. The molecule has 1 aromatic rings. The van der Waals surface area contributed by atoms with Crippen LogP contribution in [0.4, 0.5) is 0 Å². The molecule has 0 bridgehead atoms. The summed E-state index contributed by atoms with van der Waals surface area (Å²) in [5.74, 6) is 0.535. The Hall–Kier alpha value is -1.34. The molecule has 1 saturated heterocycles. The summed E-state index contributed by atoms with van der Waals surface area (Å²) in [5.41, 5.74) is -0.308. The summed E-state index contributed by atoms with van der Waals surface area (Å²) in [4.78, 5) is 29.5. The second kappa shape index (κ2) is 6.52. The molecule has 7 heteroatoms. The Bertz CT molecular complexity index is 689. The highest BCUT2D eigenvalue weighted by Gasteiger charge is 2.43. The lowest BCUT2D eigenvalue weighted by Crippen LogP contribution is -2.57. The van der Waals surface area contributed by atoms with Crippen molar-refractivity contribution in [3.05, 3.63) is 22.1 Å². The van der Waals surface area contributed by atoms with Crippen molar-refractivity contribution >= 4 is 17.7 Å². The first-order valence-electron chi connectivity index (χ1n) is 8.87. The molecular formula is C17H23N3O3S. The Balaban J connectivity index is 1.56. The number of nitrogens with zero attached hydrogens (tertiary/aromatic N) is 2. The number of ether oxygens (including phenoxy) is 1. The van der Waals surface area contributed by atoms with Crippen molar-refractivity contribution < 1.29 is 9.53 Å². The fraction of sp³-hybridized carbons (Fsp3) is 0.706. The third-order valence-electron chi connectivity index (χ3n) is 5.47. The van der Waals surface area contributed by atoms with Gasteiger partial charge >= 0.3 is 0 Å². The molecule has 0 radical (unpaired) electrons. The van der Waals surface area contributed by atoms with Crippen LogP contribution in [0.1, 0.15) is 55.3 Å². The van der Waals surface area contributed by atoms with E-state index < -0.39 is 0 Å². The topological polar surface area (TPSA) is 73.2 Å². The number of amides is 1. The molecule has 3 heterocycles. The molecule has 6 nitrogen and oxygen atoms in total. The van der Waals surface area contributed by atoms with Gasteiger partial charge in [0, 0.05) is 25.1 Å². The van der Waals surface area contributed by atoms with Crippen molar-refractivity contribution in [1.29, 1.82) is 0 Å². The fourth-order valence-electron chi connectivity index (χ4n) is 4.17. The summed E-state index contributed by atoms with van der Waals surface area (Å²) in [7, 11) is 0. The second-order valence-electron chi connectivity index (χ2n) is 6.90. The van der Waals surface area contributed by atoms with Crippen LogP contribution in [-0.4, -0.2) is 39.5 Å². The van der Waals surface area contributed by atoms with Gasteiger partial charge in [-0.2, -0.15) is 0 Å². The van der Waals surface area contributed by atoms with Crippen LogP contribution in [-0.2, 0) is 11.3 Å². The molecule has 0 aromatic carbocycles. The zero-order chi connectivity index (χ0) is 16.6. The summed E-state index contributed by atoms with van der Waals surface area (Å²) < 4.78 is 7.75. The molecule has 2 fully saturated rings. The third kappa shape index (κ3) is 2.77. The van der Waals surface area contributed by atoms with Crippen LogP contribution in [0, 0.1) is 0 Å². The molecule has 1 N–H and O–H groups in total. The van der Waals surface area contributed by atoms with Gasteiger partial charge in [-0.05, 0) is 32.1 Å². The predicted molar refractivity (Wildman–Crippen MR) is 91.5 cm³/mol. The van der Waals surface area contributed by atoms with Gasteiger partial charge in [-0.25, -0.2) is 4.98 Å². The van der Waals surface area contributed by atoms with Gasteiger partial charge in [0.15, 0.2) is 5.16 Å². The van der Waals surface area contributed by atoms with Crippen LogP contribution in [0.25, 0.3) is 0 Å². The lowest BCUT2D eigenvalue weighted by Gasteiger charge is -2.46. The van der Waals surface area contributed by atoms with Crippen LogP contribution in [0.3, 0.4) is 0 Å². The van der Waals surface area contributed by atoms with Crippen LogP contribution in [0.2, 0.25) is 0 Å². The van der Waals surface area contributed by atoms with E-state index in [1.807, 2.05) is 0 Å². The highest BCUT2D eigenvalue weighted by atomic mass is 32.2.